The number of H-pyrrole nitrogens is 1. The summed E-state index contributed by atoms with van der Waals surface area (Å²) in [7, 11) is 0. The highest BCUT2D eigenvalue weighted by Gasteiger charge is 2.26. The largest absolute Gasteiger partial charge is 0.393 e. The molecule has 0 spiro atoms. The maximum Gasteiger partial charge on any atom is 0.161 e. The lowest BCUT2D eigenvalue weighted by Crippen LogP contribution is -2.28. The molecule has 3 N–H and O–H groups in total. The summed E-state index contributed by atoms with van der Waals surface area (Å²) in [6.45, 7) is 2.80. The Morgan fingerprint density at radius 1 is 1.14 bits per heavy atom. The number of nitrogens with one attached hydrogen (secondary N) is 2. The second-order valence-corrected chi connectivity index (χ2v) is 8.01. The molecule has 1 atom stereocenters. The highest BCUT2D eigenvalue weighted by molar-refractivity contribution is 5.85. The molecule has 6 heteroatoms. The number of hydrogen-bond acceptors (Lipinski definition) is 5. The Labute approximate surface area is 165 Å². The van der Waals surface area contributed by atoms with E-state index < -0.39 is 0 Å². The molecular formula is C22H29N5O. The van der Waals surface area contributed by atoms with Gasteiger partial charge in [0.2, 0.25) is 0 Å². The number of hydrogen-bond donors (Lipinski definition) is 3. The van der Waals surface area contributed by atoms with E-state index in [0.717, 1.165) is 67.7 Å². The molecule has 1 fully saturated rings. The van der Waals surface area contributed by atoms with Crippen molar-refractivity contribution in [2.24, 2.45) is 11.8 Å². The van der Waals surface area contributed by atoms with Gasteiger partial charge in [0, 0.05) is 6.54 Å². The molecule has 148 valence electrons. The molecule has 1 aliphatic rings. The van der Waals surface area contributed by atoms with Gasteiger partial charge in [-0.15, -0.1) is 0 Å². The fourth-order valence-corrected chi connectivity index (χ4v) is 4.29. The summed E-state index contributed by atoms with van der Waals surface area (Å²) >= 11 is 0. The molecule has 0 saturated heterocycles. The second-order valence-electron chi connectivity index (χ2n) is 8.01. The van der Waals surface area contributed by atoms with Crippen molar-refractivity contribution in [1.82, 2.24) is 20.2 Å². The number of aliphatic hydroxyl groups is 1. The topological polar surface area (TPSA) is 86.7 Å². The third kappa shape index (κ3) is 4.50. The van der Waals surface area contributed by atoms with Crippen LogP contribution in [0.5, 0.6) is 0 Å². The van der Waals surface area contributed by atoms with E-state index in [-0.39, 0.29) is 6.10 Å². The normalized spacial score (nSPS) is 20.9. The second kappa shape index (κ2) is 8.69. The van der Waals surface area contributed by atoms with Crippen LogP contribution < -0.4 is 5.32 Å². The zero-order chi connectivity index (χ0) is 19.3. The predicted octanol–water partition coefficient (Wildman–Crippen LogP) is 3.87. The first-order valence-electron chi connectivity index (χ1n) is 10.3. The third-order valence-corrected chi connectivity index (χ3v) is 5.99. The SMILES string of the molecule is Cc1nc(NCC2CCC([C@@H](O)CCc3ccccc3)CC2)c2cn[nH]c2n1. The van der Waals surface area contributed by atoms with Gasteiger partial charge >= 0.3 is 0 Å². The molecule has 0 radical (unpaired) electrons. The predicted molar refractivity (Wildman–Crippen MR) is 111 cm³/mol. The molecule has 0 bridgehead atoms. The van der Waals surface area contributed by atoms with Gasteiger partial charge in [0.05, 0.1) is 17.7 Å². The Morgan fingerprint density at radius 2 is 1.93 bits per heavy atom. The number of benzene rings is 1. The first-order chi connectivity index (χ1) is 13.7. The van der Waals surface area contributed by atoms with Crippen LogP contribution in [0.1, 0.15) is 43.5 Å². The van der Waals surface area contributed by atoms with Crippen molar-refractivity contribution in [1.29, 1.82) is 0 Å². The molecular weight excluding hydrogens is 350 g/mol. The zero-order valence-corrected chi connectivity index (χ0v) is 16.4. The summed E-state index contributed by atoms with van der Waals surface area (Å²) in [5, 5.41) is 22.0. The van der Waals surface area contributed by atoms with Crippen LogP contribution in [0.2, 0.25) is 0 Å². The third-order valence-electron chi connectivity index (χ3n) is 5.99. The van der Waals surface area contributed by atoms with E-state index in [0.29, 0.717) is 11.8 Å². The standard InChI is InChI=1S/C22H29N5O/c1-15-25-21(19-14-24-27-22(19)26-15)23-13-17-7-10-18(11-8-17)20(28)12-9-16-5-3-2-4-6-16/h2-6,14,17-18,20,28H,7-13H2,1H3,(H2,23,24,25,26,27)/t17?,18?,20-/m0/s1. The Kier molecular flexibility index (Phi) is 5.86. The van der Waals surface area contributed by atoms with E-state index in [2.05, 4.69) is 49.7 Å². The number of aromatic nitrogens is 4. The smallest absolute Gasteiger partial charge is 0.161 e. The van der Waals surface area contributed by atoms with Gasteiger partial charge in [-0.05, 0) is 62.8 Å². The number of fused-ring (bicyclic) bond motifs is 1. The number of aliphatic hydroxyl groups excluding tert-OH is 1. The van der Waals surface area contributed by atoms with Gasteiger partial charge in [-0.2, -0.15) is 5.10 Å². The molecule has 6 nitrogen and oxygen atoms in total. The lowest BCUT2D eigenvalue weighted by atomic mass is 9.78. The van der Waals surface area contributed by atoms with Crippen molar-refractivity contribution < 1.29 is 5.11 Å². The van der Waals surface area contributed by atoms with Crippen molar-refractivity contribution in [3.05, 3.63) is 47.9 Å². The van der Waals surface area contributed by atoms with Gasteiger partial charge in [-0.1, -0.05) is 30.3 Å². The molecule has 28 heavy (non-hydrogen) atoms. The minimum atomic E-state index is -0.191. The molecule has 3 aromatic rings. The highest BCUT2D eigenvalue weighted by atomic mass is 16.3. The van der Waals surface area contributed by atoms with Crippen LogP contribution in [-0.2, 0) is 6.42 Å². The van der Waals surface area contributed by atoms with Crippen LogP contribution in [0.4, 0.5) is 5.82 Å². The lowest BCUT2D eigenvalue weighted by molar-refractivity contribution is 0.0684. The Balaban J connectivity index is 1.24. The molecule has 1 saturated carbocycles. The minimum Gasteiger partial charge on any atom is -0.393 e. The van der Waals surface area contributed by atoms with Crippen LogP contribution in [0, 0.1) is 18.8 Å². The quantitative estimate of drug-likeness (QED) is 0.580. The number of rotatable bonds is 7. The van der Waals surface area contributed by atoms with E-state index in [9.17, 15) is 5.11 Å². The fraction of sp³-hybridized carbons (Fsp3) is 0.500. The molecule has 2 heterocycles. The average molecular weight is 380 g/mol. The molecule has 2 aromatic heterocycles. The van der Waals surface area contributed by atoms with Crippen LogP contribution in [0.15, 0.2) is 36.5 Å². The van der Waals surface area contributed by atoms with Crippen molar-refractivity contribution in [3.8, 4) is 0 Å². The van der Waals surface area contributed by atoms with E-state index >= 15 is 0 Å². The summed E-state index contributed by atoms with van der Waals surface area (Å²) in [6.07, 6.45) is 7.91. The maximum atomic E-state index is 10.6. The minimum absolute atomic E-state index is 0.191. The summed E-state index contributed by atoms with van der Waals surface area (Å²) in [5.41, 5.74) is 2.09. The van der Waals surface area contributed by atoms with Gasteiger partial charge in [-0.3, -0.25) is 5.10 Å². The first kappa shape index (κ1) is 18.9. The number of anilines is 1. The molecule has 0 amide bonds. The number of aromatic amines is 1. The molecule has 0 aliphatic heterocycles. The zero-order valence-electron chi connectivity index (χ0n) is 16.4. The monoisotopic (exact) mass is 379 g/mol. The van der Waals surface area contributed by atoms with Crippen LogP contribution in [-0.4, -0.2) is 37.9 Å². The van der Waals surface area contributed by atoms with Crippen LogP contribution in [0.3, 0.4) is 0 Å². The Bertz CT molecular complexity index is 886. The van der Waals surface area contributed by atoms with E-state index in [1.54, 1.807) is 6.20 Å². The summed E-state index contributed by atoms with van der Waals surface area (Å²) in [5.74, 6) is 2.65. The average Bonchev–Trinajstić information content (AvgIpc) is 3.20. The van der Waals surface area contributed by atoms with Crippen molar-refractivity contribution in [3.63, 3.8) is 0 Å². The van der Waals surface area contributed by atoms with E-state index in [4.69, 9.17) is 0 Å². The lowest BCUT2D eigenvalue weighted by Gasteiger charge is -2.31. The first-order valence-corrected chi connectivity index (χ1v) is 10.3. The molecule has 1 aliphatic carbocycles. The molecule has 4 rings (SSSR count). The van der Waals surface area contributed by atoms with Crippen LogP contribution >= 0.6 is 0 Å². The van der Waals surface area contributed by atoms with Crippen molar-refractivity contribution in [2.75, 3.05) is 11.9 Å². The van der Waals surface area contributed by atoms with Gasteiger partial charge in [0.1, 0.15) is 11.6 Å². The summed E-state index contributed by atoms with van der Waals surface area (Å²) in [4.78, 5) is 8.89. The summed E-state index contributed by atoms with van der Waals surface area (Å²) in [6, 6.07) is 10.4. The van der Waals surface area contributed by atoms with Gasteiger partial charge in [-0.25, -0.2) is 9.97 Å². The van der Waals surface area contributed by atoms with Crippen molar-refractivity contribution in [2.45, 2.75) is 51.6 Å². The summed E-state index contributed by atoms with van der Waals surface area (Å²) < 4.78 is 0. The van der Waals surface area contributed by atoms with E-state index in [1.165, 1.54) is 5.56 Å². The number of aryl methyl sites for hydroxylation is 2. The highest BCUT2D eigenvalue weighted by Crippen LogP contribution is 2.32. The number of nitrogens with zero attached hydrogens (tertiary/aromatic N) is 3. The Hall–Kier alpha value is -2.47. The maximum absolute atomic E-state index is 10.6. The fourth-order valence-electron chi connectivity index (χ4n) is 4.29. The Morgan fingerprint density at radius 3 is 2.71 bits per heavy atom. The van der Waals surface area contributed by atoms with E-state index in [1.807, 2.05) is 13.0 Å². The van der Waals surface area contributed by atoms with Crippen molar-refractivity contribution >= 4 is 16.9 Å². The molecule has 0 unspecified atom stereocenters. The molecule has 1 aromatic carbocycles. The van der Waals surface area contributed by atoms with Gasteiger partial charge in [0.15, 0.2) is 5.65 Å². The van der Waals surface area contributed by atoms with Gasteiger partial charge < -0.3 is 10.4 Å². The van der Waals surface area contributed by atoms with Gasteiger partial charge in [0.25, 0.3) is 0 Å². The van der Waals surface area contributed by atoms with Crippen LogP contribution in [0.25, 0.3) is 11.0 Å².